The first-order chi connectivity index (χ1) is 15.0. The lowest BCUT2D eigenvalue weighted by molar-refractivity contribution is -0.147. The van der Waals surface area contributed by atoms with E-state index < -0.39 is 24.4 Å². The summed E-state index contributed by atoms with van der Waals surface area (Å²) in [5, 5.41) is 2.67. The highest BCUT2D eigenvalue weighted by atomic mass is 16.5. The van der Waals surface area contributed by atoms with Crippen LogP contribution in [0, 0.1) is 0 Å². The van der Waals surface area contributed by atoms with E-state index in [2.05, 4.69) is 5.32 Å². The Morgan fingerprint density at radius 1 is 0.806 bits per heavy atom. The molecule has 6 heteroatoms. The van der Waals surface area contributed by atoms with Crippen LogP contribution in [-0.2, 0) is 14.3 Å². The van der Waals surface area contributed by atoms with Crippen LogP contribution in [0.2, 0.25) is 0 Å². The largest absolute Gasteiger partial charge is 0.455 e. The van der Waals surface area contributed by atoms with Crippen LogP contribution in [0.15, 0.2) is 84.9 Å². The molecule has 0 radical (unpaired) electrons. The predicted molar refractivity (Wildman–Crippen MR) is 119 cm³/mol. The third-order valence-electron chi connectivity index (χ3n) is 4.67. The maximum Gasteiger partial charge on any atom is 0.318 e. The van der Waals surface area contributed by atoms with Crippen molar-refractivity contribution in [3.8, 4) is 0 Å². The molecule has 1 N–H and O–H groups in total. The van der Waals surface area contributed by atoms with Gasteiger partial charge in [-0.05, 0) is 35.4 Å². The zero-order chi connectivity index (χ0) is 22.2. The fraction of sp³-hybridized carbons (Fsp3) is 0.160. The highest BCUT2D eigenvalue weighted by Crippen LogP contribution is 2.26. The van der Waals surface area contributed by atoms with Crippen molar-refractivity contribution in [2.45, 2.75) is 5.92 Å². The first-order valence-corrected chi connectivity index (χ1v) is 9.84. The van der Waals surface area contributed by atoms with Crippen LogP contribution < -0.4 is 5.32 Å². The number of benzene rings is 3. The molecule has 0 heterocycles. The molecule has 3 aromatic carbocycles. The summed E-state index contributed by atoms with van der Waals surface area (Å²) in [6, 6.07) is 25.1. The standard InChI is InChI=1S/C25H24N2O4/c1-27(2)24(29)20-13-15-21(16-14-20)26-22(28)17-31-25(30)23(18-9-5-3-6-10-18)19-11-7-4-8-12-19/h3-16,23H,17H2,1-2H3,(H,26,28). The van der Waals surface area contributed by atoms with E-state index >= 15 is 0 Å². The number of hydrogen-bond acceptors (Lipinski definition) is 4. The Morgan fingerprint density at radius 2 is 1.32 bits per heavy atom. The van der Waals surface area contributed by atoms with Gasteiger partial charge in [0, 0.05) is 25.3 Å². The summed E-state index contributed by atoms with van der Waals surface area (Å²) in [7, 11) is 3.34. The average Bonchev–Trinajstić information content (AvgIpc) is 2.79. The van der Waals surface area contributed by atoms with Gasteiger partial charge in [-0.1, -0.05) is 60.7 Å². The number of nitrogens with zero attached hydrogens (tertiary/aromatic N) is 1. The van der Waals surface area contributed by atoms with E-state index in [4.69, 9.17) is 4.74 Å². The number of nitrogens with one attached hydrogen (secondary N) is 1. The van der Waals surface area contributed by atoms with Gasteiger partial charge in [0.15, 0.2) is 6.61 Å². The van der Waals surface area contributed by atoms with Gasteiger partial charge in [-0.15, -0.1) is 0 Å². The first-order valence-electron chi connectivity index (χ1n) is 9.84. The summed E-state index contributed by atoms with van der Waals surface area (Å²) < 4.78 is 5.33. The van der Waals surface area contributed by atoms with Crippen LogP contribution in [-0.4, -0.2) is 43.4 Å². The summed E-state index contributed by atoms with van der Waals surface area (Å²) in [6.07, 6.45) is 0. The molecular formula is C25H24N2O4. The number of rotatable bonds is 7. The van der Waals surface area contributed by atoms with E-state index in [9.17, 15) is 14.4 Å². The van der Waals surface area contributed by atoms with E-state index in [1.165, 1.54) is 4.90 Å². The minimum Gasteiger partial charge on any atom is -0.455 e. The van der Waals surface area contributed by atoms with Crippen LogP contribution in [0.4, 0.5) is 5.69 Å². The molecule has 0 aliphatic heterocycles. The van der Waals surface area contributed by atoms with Crippen LogP contribution in [0.1, 0.15) is 27.4 Å². The van der Waals surface area contributed by atoms with Crippen molar-refractivity contribution < 1.29 is 19.1 Å². The summed E-state index contributed by atoms with van der Waals surface area (Å²) in [6.45, 7) is -0.409. The third-order valence-corrected chi connectivity index (χ3v) is 4.67. The smallest absolute Gasteiger partial charge is 0.318 e. The van der Waals surface area contributed by atoms with Crippen molar-refractivity contribution in [1.82, 2.24) is 4.90 Å². The minimum atomic E-state index is -0.619. The van der Waals surface area contributed by atoms with Gasteiger partial charge < -0.3 is 15.0 Å². The molecule has 0 aliphatic carbocycles. The van der Waals surface area contributed by atoms with Gasteiger partial charge in [0.25, 0.3) is 11.8 Å². The predicted octanol–water partition coefficient (Wildman–Crippen LogP) is 3.70. The topological polar surface area (TPSA) is 75.7 Å². The molecule has 3 rings (SSSR count). The fourth-order valence-corrected chi connectivity index (χ4v) is 3.13. The van der Waals surface area contributed by atoms with Gasteiger partial charge in [-0.2, -0.15) is 0 Å². The normalized spacial score (nSPS) is 10.4. The molecule has 0 aromatic heterocycles. The Balaban J connectivity index is 1.63. The van der Waals surface area contributed by atoms with E-state index in [-0.39, 0.29) is 5.91 Å². The number of amides is 2. The lowest BCUT2D eigenvalue weighted by Gasteiger charge is -2.17. The fourth-order valence-electron chi connectivity index (χ4n) is 3.13. The van der Waals surface area contributed by atoms with Crippen molar-refractivity contribution >= 4 is 23.5 Å². The molecule has 3 aromatic rings. The monoisotopic (exact) mass is 416 g/mol. The SMILES string of the molecule is CN(C)C(=O)c1ccc(NC(=O)COC(=O)C(c2ccccc2)c2ccccc2)cc1. The summed E-state index contributed by atoms with van der Waals surface area (Å²) in [4.78, 5) is 38.5. The molecule has 0 fully saturated rings. The van der Waals surface area contributed by atoms with Crippen LogP contribution in [0.5, 0.6) is 0 Å². The molecule has 0 spiro atoms. The maximum absolute atomic E-state index is 12.8. The zero-order valence-electron chi connectivity index (χ0n) is 17.4. The quantitative estimate of drug-likeness (QED) is 0.596. The second kappa shape index (κ2) is 10.2. The van der Waals surface area contributed by atoms with Crippen molar-refractivity contribution in [3.05, 3.63) is 102 Å². The molecule has 0 bridgehead atoms. The second-order valence-electron chi connectivity index (χ2n) is 7.19. The Hall–Kier alpha value is -3.93. The highest BCUT2D eigenvalue weighted by Gasteiger charge is 2.24. The highest BCUT2D eigenvalue weighted by molar-refractivity contribution is 5.96. The zero-order valence-corrected chi connectivity index (χ0v) is 17.4. The van der Waals surface area contributed by atoms with Gasteiger partial charge in [-0.25, -0.2) is 0 Å². The summed E-state index contributed by atoms with van der Waals surface area (Å²) in [5.41, 5.74) is 2.61. The molecule has 0 atom stereocenters. The minimum absolute atomic E-state index is 0.125. The van der Waals surface area contributed by atoms with Crippen LogP contribution in [0.25, 0.3) is 0 Å². The number of carbonyl (C=O) groups excluding carboxylic acids is 3. The van der Waals surface area contributed by atoms with Gasteiger partial charge >= 0.3 is 5.97 Å². The number of anilines is 1. The number of esters is 1. The van der Waals surface area contributed by atoms with E-state index in [1.807, 2.05) is 60.7 Å². The van der Waals surface area contributed by atoms with E-state index in [1.54, 1.807) is 38.4 Å². The Bertz CT molecular complexity index is 993. The van der Waals surface area contributed by atoms with Crippen LogP contribution in [0.3, 0.4) is 0 Å². The molecule has 31 heavy (non-hydrogen) atoms. The van der Waals surface area contributed by atoms with Gasteiger partial charge in [0.2, 0.25) is 0 Å². The lowest BCUT2D eigenvalue weighted by Crippen LogP contribution is -2.24. The molecule has 0 aliphatic rings. The number of hydrogen-bond donors (Lipinski definition) is 1. The first kappa shape index (κ1) is 21.8. The Morgan fingerprint density at radius 3 is 1.81 bits per heavy atom. The second-order valence-corrected chi connectivity index (χ2v) is 7.19. The maximum atomic E-state index is 12.8. The van der Waals surface area contributed by atoms with E-state index in [0.717, 1.165) is 11.1 Å². The molecule has 2 amide bonds. The molecule has 0 saturated heterocycles. The number of carbonyl (C=O) groups is 3. The van der Waals surface area contributed by atoms with Crippen molar-refractivity contribution in [2.75, 3.05) is 26.0 Å². The van der Waals surface area contributed by atoms with Crippen molar-refractivity contribution in [1.29, 1.82) is 0 Å². The van der Waals surface area contributed by atoms with Gasteiger partial charge in [0.05, 0.1) is 0 Å². The van der Waals surface area contributed by atoms with E-state index in [0.29, 0.717) is 11.3 Å². The summed E-state index contributed by atoms with van der Waals surface area (Å²) >= 11 is 0. The Labute approximate surface area is 181 Å². The molecular weight excluding hydrogens is 392 g/mol. The Kier molecular flexibility index (Phi) is 7.17. The average molecular weight is 416 g/mol. The third kappa shape index (κ3) is 5.79. The molecule has 6 nitrogen and oxygen atoms in total. The molecule has 0 saturated carbocycles. The van der Waals surface area contributed by atoms with Gasteiger partial charge in [-0.3, -0.25) is 14.4 Å². The summed E-state index contributed by atoms with van der Waals surface area (Å²) in [5.74, 6) is -1.70. The molecule has 0 unspecified atom stereocenters. The van der Waals surface area contributed by atoms with Crippen molar-refractivity contribution in [3.63, 3.8) is 0 Å². The lowest BCUT2D eigenvalue weighted by atomic mass is 9.91. The number of ether oxygens (including phenoxy) is 1. The van der Waals surface area contributed by atoms with Gasteiger partial charge in [0.1, 0.15) is 5.92 Å². The van der Waals surface area contributed by atoms with Crippen molar-refractivity contribution in [2.24, 2.45) is 0 Å². The molecule has 158 valence electrons. The van der Waals surface area contributed by atoms with Crippen LogP contribution >= 0.6 is 0 Å².